The van der Waals surface area contributed by atoms with Crippen molar-refractivity contribution in [3.63, 3.8) is 0 Å². The first kappa shape index (κ1) is 12.9. The number of benzene rings is 1. The Morgan fingerprint density at radius 1 is 1.40 bits per heavy atom. The number of nitrogens with one attached hydrogen (secondary N) is 1. The molecule has 0 fully saturated rings. The van der Waals surface area contributed by atoms with Crippen molar-refractivity contribution < 1.29 is 14.6 Å². The molecule has 0 saturated carbocycles. The highest BCUT2D eigenvalue weighted by Gasteiger charge is 2.15. The number of hydrogen-bond acceptors (Lipinski definition) is 5. The molecule has 5 nitrogen and oxygen atoms in total. The molecule has 0 bridgehead atoms. The van der Waals surface area contributed by atoms with E-state index in [1.807, 2.05) is 29.6 Å². The van der Waals surface area contributed by atoms with Gasteiger partial charge in [-0.05, 0) is 23.6 Å². The number of thiazole rings is 1. The summed E-state index contributed by atoms with van der Waals surface area (Å²) in [6, 6.07) is 7.82. The van der Waals surface area contributed by atoms with Crippen molar-refractivity contribution in [3.05, 3.63) is 29.6 Å². The van der Waals surface area contributed by atoms with Crippen molar-refractivity contribution in [1.82, 2.24) is 4.98 Å². The summed E-state index contributed by atoms with van der Waals surface area (Å²) >= 11 is 2.93. The molecule has 2 N–H and O–H groups in total. The second-order valence-electron chi connectivity index (χ2n) is 3.92. The van der Waals surface area contributed by atoms with Gasteiger partial charge in [-0.15, -0.1) is 11.3 Å². The molecule has 0 aliphatic carbocycles. The molecule has 3 aromatic rings. The first-order chi connectivity index (χ1) is 9.69. The van der Waals surface area contributed by atoms with Crippen LogP contribution in [0.1, 0.15) is 0 Å². The fourth-order valence-corrected chi connectivity index (χ4v) is 3.74. The van der Waals surface area contributed by atoms with Crippen LogP contribution in [0.3, 0.4) is 0 Å². The number of nitrogens with zero attached hydrogens (tertiary/aromatic N) is 1. The van der Waals surface area contributed by atoms with E-state index < -0.39 is 6.09 Å². The minimum absolute atomic E-state index is 0.342. The summed E-state index contributed by atoms with van der Waals surface area (Å²) in [5.41, 5.74) is 1.71. The average Bonchev–Trinajstić information content (AvgIpc) is 3.05. The molecule has 7 heteroatoms. The number of fused-ring (bicyclic) bond motifs is 1. The molecule has 2 aromatic heterocycles. The number of anilines is 1. The number of methoxy groups -OCH3 is 1. The second kappa shape index (κ2) is 5.10. The molecule has 20 heavy (non-hydrogen) atoms. The molecule has 0 unspecified atom stereocenters. The van der Waals surface area contributed by atoms with Crippen LogP contribution >= 0.6 is 22.7 Å². The van der Waals surface area contributed by atoms with Crippen molar-refractivity contribution >= 4 is 44.1 Å². The number of thiophene rings is 1. The maximum Gasteiger partial charge on any atom is 0.410 e. The Kier molecular flexibility index (Phi) is 3.29. The van der Waals surface area contributed by atoms with Crippen LogP contribution in [-0.4, -0.2) is 23.3 Å². The minimum Gasteiger partial charge on any atom is -0.494 e. The zero-order valence-electron chi connectivity index (χ0n) is 10.4. The van der Waals surface area contributed by atoms with E-state index in [1.165, 1.54) is 11.3 Å². The van der Waals surface area contributed by atoms with E-state index in [4.69, 9.17) is 9.84 Å². The maximum atomic E-state index is 10.7. The fourth-order valence-electron chi connectivity index (χ4n) is 1.92. The number of rotatable bonds is 3. The van der Waals surface area contributed by atoms with Gasteiger partial charge in [-0.2, -0.15) is 0 Å². The monoisotopic (exact) mass is 306 g/mol. The van der Waals surface area contributed by atoms with Crippen LogP contribution in [0.2, 0.25) is 0 Å². The Balaban J connectivity index is 2.22. The summed E-state index contributed by atoms with van der Waals surface area (Å²) in [7, 11) is 1.57. The number of ether oxygens (including phenoxy) is 1. The predicted molar refractivity (Wildman–Crippen MR) is 81.1 cm³/mol. The second-order valence-corrected chi connectivity index (χ2v) is 5.87. The van der Waals surface area contributed by atoms with Gasteiger partial charge in [0, 0.05) is 10.4 Å². The molecule has 102 valence electrons. The predicted octanol–water partition coefficient (Wildman–Crippen LogP) is 4.12. The van der Waals surface area contributed by atoms with Crippen LogP contribution in [-0.2, 0) is 0 Å². The summed E-state index contributed by atoms with van der Waals surface area (Å²) in [5, 5.41) is 13.4. The van der Waals surface area contributed by atoms with Gasteiger partial charge in [0.05, 0.1) is 11.8 Å². The van der Waals surface area contributed by atoms with Crippen molar-refractivity contribution in [3.8, 4) is 16.2 Å². The highest BCUT2D eigenvalue weighted by Crippen LogP contribution is 2.40. The molecule has 0 aliphatic rings. The molecule has 1 aromatic carbocycles. The Morgan fingerprint density at radius 3 is 2.90 bits per heavy atom. The van der Waals surface area contributed by atoms with E-state index in [9.17, 15) is 4.79 Å². The van der Waals surface area contributed by atoms with E-state index in [0.717, 1.165) is 15.1 Å². The minimum atomic E-state index is -1.12. The number of amides is 1. The van der Waals surface area contributed by atoms with Gasteiger partial charge in [-0.1, -0.05) is 17.4 Å². The van der Waals surface area contributed by atoms with Crippen molar-refractivity contribution in [2.45, 2.75) is 0 Å². The van der Waals surface area contributed by atoms with Gasteiger partial charge >= 0.3 is 6.09 Å². The lowest BCUT2D eigenvalue weighted by molar-refractivity contribution is 0.209. The normalized spacial score (nSPS) is 10.7. The van der Waals surface area contributed by atoms with Gasteiger partial charge in [0.15, 0.2) is 5.13 Å². The van der Waals surface area contributed by atoms with E-state index >= 15 is 0 Å². The van der Waals surface area contributed by atoms with Gasteiger partial charge in [0.25, 0.3) is 0 Å². The number of aromatic nitrogens is 1. The van der Waals surface area contributed by atoms with Crippen LogP contribution in [0.15, 0.2) is 29.6 Å². The van der Waals surface area contributed by atoms with Crippen molar-refractivity contribution in [2.24, 2.45) is 0 Å². The summed E-state index contributed by atoms with van der Waals surface area (Å²) < 4.78 is 6.20. The van der Waals surface area contributed by atoms with Gasteiger partial charge in [-0.3, -0.25) is 5.32 Å². The van der Waals surface area contributed by atoms with Crippen LogP contribution in [0.5, 0.6) is 5.75 Å². The third-order valence-electron chi connectivity index (χ3n) is 2.73. The third kappa shape index (κ3) is 2.21. The van der Waals surface area contributed by atoms with Gasteiger partial charge in [-0.25, -0.2) is 9.78 Å². The molecule has 2 heterocycles. The molecular formula is C13H10N2O3S2. The van der Waals surface area contributed by atoms with Crippen molar-refractivity contribution in [1.29, 1.82) is 0 Å². The molecule has 3 rings (SSSR count). The molecule has 0 radical (unpaired) electrons. The Bertz CT molecular complexity index is 765. The summed E-state index contributed by atoms with van der Waals surface area (Å²) in [6.45, 7) is 0. The van der Waals surface area contributed by atoms with Gasteiger partial charge < -0.3 is 9.84 Å². The SMILES string of the molecule is COc1ccc(-c2cccs2)c2sc(NC(=O)O)nc12. The standard InChI is InChI=1S/C13H10N2O3S2/c1-18-8-5-4-7(9-3-2-6-19-9)11-10(8)14-12(20-11)15-13(16)17/h2-6H,1H3,(H,14,15)(H,16,17). The average molecular weight is 306 g/mol. The molecule has 0 aliphatic heterocycles. The van der Waals surface area contributed by atoms with Gasteiger partial charge in [0.1, 0.15) is 11.3 Å². The lowest BCUT2D eigenvalue weighted by Gasteiger charge is -2.03. The molecule has 0 spiro atoms. The largest absolute Gasteiger partial charge is 0.494 e. The Hall–Kier alpha value is -2.12. The van der Waals surface area contributed by atoms with Crippen LogP contribution in [0, 0.1) is 0 Å². The number of carboxylic acid groups (broad SMARTS) is 1. The van der Waals surface area contributed by atoms with E-state index in [1.54, 1.807) is 18.4 Å². The first-order valence-corrected chi connectivity index (χ1v) is 7.40. The zero-order valence-corrected chi connectivity index (χ0v) is 12.0. The third-order valence-corrected chi connectivity index (χ3v) is 4.63. The highest BCUT2D eigenvalue weighted by molar-refractivity contribution is 7.23. The molecule has 0 atom stereocenters. The Morgan fingerprint density at radius 2 is 2.25 bits per heavy atom. The van der Waals surface area contributed by atoms with E-state index in [0.29, 0.717) is 16.4 Å². The smallest absolute Gasteiger partial charge is 0.410 e. The van der Waals surface area contributed by atoms with Crippen LogP contribution < -0.4 is 10.1 Å². The Labute approximate surface area is 122 Å². The van der Waals surface area contributed by atoms with Gasteiger partial charge in [0.2, 0.25) is 0 Å². The summed E-state index contributed by atoms with van der Waals surface area (Å²) in [6.07, 6.45) is -1.12. The van der Waals surface area contributed by atoms with Crippen molar-refractivity contribution in [2.75, 3.05) is 12.4 Å². The summed E-state index contributed by atoms with van der Waals surface area (Å²) in [5.74, 6) is 0.634. The molecule has 1 amide bonds. The summed E-state index contributed by atoms with van der Waals surface area (Å²) in [4.78, 5) is 16.2. The quantitative estimate of drug-likeness (QED) is 0.763. The van der Waals surface area contributed by atoms with E-state index in [-0.39, 0.29) is 0 Å². The maximum absolute atomic E-state index is 10.7. The molecule has 0 saturated heterocycles. The zero-order chi connectivity index (χ0) is 14.1. The molecular weight excluding hydrogens is 296 g/mol. The first-order valence-electron chi connectivity index (χ1n) is 5.70. The lowest BCUT2D eigenvalue weighted by atomic mass is 10.1. The van der Waals surface area contributed by atoms with Crippen LogP contribution in [0.25, 0.3) is 20.7 Å². The van der Waals surface area contributed by atoms with E-state index in [2.05, 4.69) is 10.3 Å². The highest BCUT2D eigenvalue weighted by atomic mass is 32.1. The number of carbonyl (C=O) groups is 1. The van der Waals surface area contributed by atoms with Crippen LogP contribution in [0.4, 0.5) is 9.93 Å². The fraction of sp³-hybridized carbons (Fsp3) is 0.0769. The lowest BCUT2D eigenvalue weighted by Crippen LogP contribution is -2.06. The number of hydrogen-bond donors (Lipinski definition) is 2. The topological polar surface area (TPSA) is 71.5 Å².